The van der Waals surface area contributed by atoms with Gasteiger partial charge in [-0.25, -0.2) is 13.2 Å². The number of halogens is 9. The summed E-state index contributed by atoms with van der Waals surface area (Å²) in [4.78, 5) is 0. The highest BCUT2D eigenvalue weighted by molar-refractivity contribution is 14.1. The molecule has 1 fully saturated rings. The second kappa shape index (κ2) is 6.38. The summed E-state index contributed by atoms with van der Waals surface area (Å²) >= 11 is -0.311. The molecule has 0 N–H and O–H groups in total. The topological polar surface area (TPSA) is 55.8 Å². The first-order valence-electron chi connectivity index (χ1n) is 5.54. The Balaban J connectivity index is 3.13. The van der Waals surface area contributed by atoms with Crippen LogP contribution in [0.5, 0.6) is 0 Å². The largest absolute Gasteiger partial charge is 0.448 e. The number of morpholine rings is 1. The van der Waals surface area contributed by atoms with Crippen molar-refractivity contribution in [3.05, 3.63) is 0 Å². The second-order valence-corrected chi connectivity index (χ2v) is 7.50. The summed E-state index contributed by atoms with van der Waals surface area (Å²) in [5.41, 5.74) is 0. The first kappa shape index (κ1) is 21.0. The molecule has 0 radical (unpaired) electrons. The molecule has 5 nitrogen and oxygen atoms in total. The van der Waals surface area contributed by atoms with E-state index in [9.17, 15) is 43.5 Å². The van der Waals surface area contributed by atoms with E-state index in [-0.39, 0.29) is 26.9 Å². The zero-order chi connectivity index (χ0) is 18.3. The van der Waals surface area contributed by atoms with E-state index < -0.39 is 57.7 Å². The Hall–Kier alpha value is -0.000000000000000222. The normalized spacial score (nSPS) is 19.9. The molecule has 0 amide bonds. The monoisotopic (exact) mass is 493 g/mol. The van der Waals surface area contributed by atoms with Crippen LogP contribution in [0.2, 0.25) is 0 Å². The molecule has 1 saturated heterocycles. The summed E-state index contributed by atoms with van der Waals surface area (Å²) in [5.74, 6) is 0. The standard InChI is InChI=1S/C8H8F8INO4S/c9-5(10,17)6(11,12)22-7(13,14)8(15,16)23(19,20)18-1-3-21-4-2-18/h1-4H2. The number of hydrogen-bond donors (Lipinski definition) is 0. The van der Waals surface area contributed by atoms with Crippen LogP contribution >= 0.6 is 22.6 Å². The smallest absolute Gasteiger partial charge is 0.379 e. The lowest BCUT2D eigenvalue weighted by Gasteiger charge is -2.34. The summed E-state index contributed by atoms with van der Waals surface area (Å²) in [5, 5.41) is -6.21. The van der Waals surface area contributed by atoms with Crippen LogP contribution in [-0.2, 0) is 19.5 Å². The second-order valence-electron chi connectivity index (χ2n) is 4.17. The van der Waals surface area contributed by atoms with Crippen molar-refractivity contribution in [2.75, 3.05) is 26.3 Å². The number of nitrogens with zero attached hydrogens (tertiary/aromatic N) is 1. The lowest BCUT2D eigenvalue weighted by molar-refractivity contribution is -0.438. The van der Waals surface area contributed by atoms with Crippen LogP contribution in [0.3, 0.4) is 0 Å². The highest BCUT2D eigenvalue weighted by Crippen LogP contribution is 2.49. The fraction of sp³-hybridized carbons (Fsp3) is 1.00. The van der Waals surface area contributed by atoms with Crippen LogP contribution in [0.4, 0.5) is 35.1 Å². The van der Waals surface area contributed by atoms with E-state index in [2.05, 4.69) is 9.47 Å². The van der Waals surface area contributed by atoms with Crippen molar-refractivity contribution < 1.29 is 53.0 Å². The predicted molar refractivity (Wildman–Crippen MR) is 66.2 cm³/mol. The van der Waals surface area contributed by atoms with Gasteiger partial charge in [0, 0.05) is 35.7 Å². The van der Waals surface area contributed by atoms with E-state index in [0.717, 1.165) is 0 Å². The van der Waals surface area contributed by atoms with E-state index >= 15 is 0 Å². The molecule has 0 aromatic heterocycles. The fourth-order valence-electron chi connectivity index (χ4n) is 1.38. The molecule has 23 heavy (non-hydrogen) atoms. The quantitative estimate of drug-likeness (QED) is 0.325. The molecule has 0 spiro atoms. The van der Waals surface area contributed by atoms with Crippen LogP contribution in [-0.4, -0.2) is 60.4 Å². The SMILES string of the molecule is O=S(=O)(N1CCOCC1)C(F)(F)C(F)(F)OC(F)(F)C(F)(F)I. The van der Waals surface area contributed by atoms with Crippen LogP contribution in [0, 0.1) is 0 Å². The third kappa shape index (κ3) is 3.98. The van der Waals surface area contributed by atoms with E-state index in [4.69, 9.17) is 0 Å². The molecule has 0 unspecified atom stereocenters. The van der Waals surface area contributed by atoms with Crippen LogP contribution in [0.1, 0.15) is 0 Å². The van der Waals surface area contributed by atoms with Gasteiger partial charge in [-0.1, -0.05) is 0 Å². The van der Waals surface area contributed by atoms with Crippen molar-refractivity contribution in [1.82, 2.24) is 4.31 Å². The third-order valence-corrected chi connectivity index (χ3v) is 5.12. The molecule has 1 heterocycles. The molecule has 0 aromatic carbocycles. The molecule has 15 heteroatoms. The average molecular weight is 493 g/mol. The van der Waals surface area contributed by atoms with Gasteiger partial charge in [0.15, 0.2) is 0 Å². The molecular formula is C8H8F8INO4S. The zero-order valence-electron chi connectivity index (χ0n) is 10.7. The number of rotatable bonds is 6. The number of hydrogen-bond acceptors (Lipinski definition) is 4. The van der Waals surface area contributed by atoms with E-state index in [1.807, 2.05) is 0 Å². The van der Waals surface area contributed by atoms with Gasteiger partial charge in [-0.15, -0.1) is 0 Å². The van der Waals surface area contributed by atoms with E-state index in [1.165, 1.54) is 0 Å². The van der Waals surface area contributed by atoms with Gasteiger partial charge in [0.2, 0.25) is 0 Å². The van der Waals surface area contributed by atoms with Crippen LogP contribution in [0.25, 0.3) is 0 Å². The minimum atomic E-state index is -6.41. The van der Waals surface area contributed by atoms with Gasteiger partial charge < -0.3 is 4.74 Å². The van der Waals surface area contributed by atoms with Gasteiger partial charge in [0.1, 0.15) is 0 Å². The molecule has 1 aliphatic heterocycles. The van der Waals surface area contributed by atoms with Crippen molar-refractivity contribution >= 4 is 32.6 Å². The van der Waals surface area contributed by atoms with Crippen molar-refractivity contribution in [3.63, 3.8) is 0 Å². The van der Waals surface area contributed by atoms with Crippen molar-refractivity contribution in [2.24, 2.45) is 0 Å². The molecule has 0 bridgehead atoms. The first-order valence-corrected chi connectivity index (χ1v) is 8.06. The maximum atomic E-state index is 13.6. The first-order chi connectivity index (χ1) is 10.1. The molecule has 0 aromatic rings. The Morgan fingerprint density at radius 2 is 1.35 bits per heavy atom. The third-order valence-electron chi connectivity index (χ3n) is 2.56. The molecule has 0 saturated carbocycles. The Morgan fingerprint density at radius 1 is 0.913 bits per heavy atom. The Morgan fingerprint density at radius 3 is 1.74 bits per heavy atom. The average Bonchev–Trinajstić information content (AvgIpc) is 2.36. The van der Waals surface area contributed by atoms with Gasteiger partial charge in [-0.3, -0.25) is 0 Å². The maximum Gasteiger partial charge on any atom is 0.448 e. The zero-order valence-corrected chi connectivity index (χ0v) is 13.7. The number of sulfonamides is 1. The fourth-order valence-corrected chi connectivity index (χ4v) is 2.78. The summed E-state index contributed by atoms with van der Waals surface area (Å²) in [6.45, 7) is -2.28. The summed E-state index contributed by atoms with van der Waals surface area (Å²) < 4.78 is 128. The van der Waals surface area contributed by atoms with Gasteiger partial charge in [0.25, 0.3) is 10.0 Å². The summed E-state index contributed by atoms with van der Waals surface area (Å²) in [6.07, 6.45) is -12.5. The van der Waals surface area contributed by atoms with Crippen LogP contribution < -0.4 is 0 Å². The summed E-state index contributed by atoms with van der Waals surface area (Å²) in [7, 11) is -6.17. The summed E-state index contributed by atoms with van der Waals surface area (Å²) in [6, 6.07) is 0. The van der Waals surface area contributed by atoms with Crippen LogP contribution in [0.15, 0.2) is 0 Å². The maximum absolute atomic E-state index is 13.6. The lowest BCUT2D eigenvalue weighted by atomic mass is 10.5. The van der Waals surface area contributed by atoms with Gasteiger partial charge in [-0.05, 0) is 0 Å². The van der Waals surface area contributed by atoms with Gasteiger partial charge >= 0.3 is 21.4 Å². The minimum absolute atomic E-state index is 0.131. The Labute approximate surface area is 138 Å². The number of alkyl halides is 9. The minimum Gasteiger partial charge on any atom is -0.379 e. The van der Waals surface area contributed by atoms with Gasteiger partial charge in [0.05, 0.1) is 13.2 Å². The Bertz CT molecular complexity index is 531. The highest BCUT2D eigenvalue weighted by Gasteiger charge is 2.74. The molecule has 138 valence electrons. The Kier molecular flexibility index (Phi) is 5.84. The van der Waals surface area contributed by atoms with E-state index in [0.29, 0.717) is 0 Å². The molecule has 1 aliphatic rings. The molecular weight excluding hydrogens is 485 g/mol. The molecule has 1 rings (SSSR count). The van der Waals surface area contributed by atoms with Crippen molar-refractivity contribution in [3.8, 4) is 0 Å². The van der Waals surface area contributed by atoms with E-state index in [1.54, 1.807) is 0 Å². The highest BCUT2D eigenvalue weighted by atomic mass is 127. The number of ether oxygens (including phenoxy) is 2. The van der Waals surface area contributed by atoms with Crippen molar-refractivity contribution in [1.29, 1.82) is 0 Å². The molecule has 0 aliphatic carbocycles. The predicted octanol–water partition coefficient (Wildman–Crippen LogP) is 2.47. The van der Waals surface area contributed by atoms with Gasteiger partial charge in [-0.2, -0.15) is 39.4 Å². The molecule has 0 atom stereocenters. The van der Waals surface area contributed by atoms with Crippen molar-refractivity contribution in [2.45, 2.75) is 21.4 Å². The lowest BCUT2D eigenvalue weighted by Crippen LogP contribution is -2.59.